The summed E-state index contributed by atoms with van der Waals surface area (Å²) < 4.78 is 5.53. The first-order valence-corrected chi connectivity index (χ1v) is 9.44. The highest BCUT2D eigenvalue weighted by atomic mass is 16.6. The lowest BCUT2D eigenvalue weighted by atomic mass is 9.76. The number of allylic oxidation sites excluding steroid dienone is 2. The van der Waals surface area contributed by atoms with Crippen LogP contribution in [0.1, 0.15) is 29.5 Å². The molecular weight excluding hydrogens is 352 g/mol. The largest absolute Gasteiger partial charge is 0.494 e. The van der Waals surface area contributed by atoms with Crippen molar-refractivity contribution in [2.45, 2.75) is 18.4 Å². The molecule has 0 unspecified atom stereocenters. The fourth-order valence-corrected chi connectivity index (χ4v) is 4.75. The van der Waals surface area contributed by atoms with Gasteiger partial charge in [-0.3, -0.25) is 10.1 Å². The number of rotatable bonds is 3. The maximum Gasteiger partial charge on any atom is 0.273 e. The molecule has 28 heavy (non-hydrogen) atoms. The molecule has 0 spiro atoms. The van der Waals surface area contributed by atoms with Crippen molar-refractivity contribution in [1.82, 2.24) is 0 Å². The summed E-state index contributed by atoms with van der Waals surface area (Å²) in [6.45, 7) is 0. The fraction of sp³-hybridized carbons (Fsp3) is 0.217. The summed E-state index contributed by atoms with van der Waals surface area (Å²) in [6, 6.07) is 18.1. The van der Waals surface area contributed by atoms with Gasteiger partial charge in [0.2, 0.25) is 0 Å². The third-order valence-electron chi connectivity index (χ3n) is 6.01. The van der Waals surface area contributed by atoms with Crippen molar-refractivity contribution < 1.29 is 9.66 Å². The van der Waals surface area contributed by atoms with Crippen LogP contribution in [0.2, 0.25) is 0 Å². The van der Waals surface area contributed by atoms with Gasteiger partial charge in [-0.1, -0.05) is 54.6 Å². The second-order valence-electron chi connectivity index (χ2n) is 7.41. The van der Waals surface area contributed by atoms with Crippen LogP contribution in [0.3, 0.4) is 0 Å². The molecule has 0 fully saturated rings. The number of hydrogen-bond acceptors (Lipinski definition) is 4. The van der Waals surface area contributed by atoms with E-state index in [1.165, 1.54) is 22.4 Å². The molecule has 0 saturated heterocycles. The lowest BCUT2D eigenvalue weighted by Gasteiger charge is -2.38. The Morgan fingerprint density at radius 1 is 1.11 bits per heavy atom. The second kappa shape index (κ2) is 6.37. The van der Waals surface area contributed by atoms with E-state index in [-0.39, 0.29) is 22.6 Å². The van der Waals surface area contributed by atoms with Crippen LogP contribution in [0, 0.1) is 16.0 Å². The van der Waals surface area contributed by atoms with Crippen molar-refractivity contribution in [1.29, 1.82) is 0 Å². The molecule has 1 N–H and O–H groups in total. The van der Waals surface area contributed by atoms with Crippen molar-refractivity contribution in [2.24, 2.45) is 5.92 Å². The highest BCUT2D eigenvalue weighted by Crippen LogP contribution is 2.53. The number of nitrogens with one attached hydrogen (secondary N) is 1. The zero-order chi connectivity index (χ0) is 19.3. The molecule has 3 aromatic carbocycles. The van der Waals surface area contributed by atoms with Gasteiger partial charge in [0.05, 0.1) is 29.8 Å². The van der Waals surface area contributed by atoms with Crippen LogP contribution < -0.4 is 10.1 Å². The normalized spacial score (nSPS) is 22.4. The number of anilines is 1. The number of nitro groups is 1. The summed E-state index contributed by atoms with van der Waals surface area (Å²) in [7, 11) is 1.56. The van der Waals surface area contributed by atoms with Crippen LogP contribution in [0.4, 0.5) is 11.4 Å². The molecule has 0 aromatic heterocycles. The lowest BCUT2D eigenvalue weighted by molar-refractivity contribution is -0.385. The quantitative estimate of drug-likeness (QED) is 0.370. The van der Waals surface area contributed by atoms with Gasteiger partial charge in [0.1, 0.15) is 5.75 Å². The van der Waals surface area contributed by atoms with Gasteiger partial charge < -0.3 is 10.1 Å². The number of nitro benzene ring substituents is 1. The summed E-state index contributed by atoms with van der Waals surface area (Å²) in [6.07, 6.45) is 5.32. The molecule has 0 radical (unpaired) electrons. The molecule has 5 rings (SSSR count). The van der Waals surface area contributed by atoms with Crippen molar-refractivity contribution in [2.75, 3.05) is 12.4 Å². The van der Waals surface area contributed by atoms with E-state index in [0.29, 0.717) is 11.7 Å². The molecule has 3 aromatic rings. The van der Waals surface area contributed by atoms with Crippen LogP contribution in [0.15, 0.2) is 66.7 Å². The summed E-state index contributed by atoms with van der Waals surface area (Å²) >= 11 is 0. The SMILES string of the molecule is COc1cc([N+](=O)[O-])cc2c1N[C@H](c1cccc3ccccc13)[C@H]1CC=C[C@H]21. The van der Waals surface area contributed by atoms with Gasteiger partial charge in [-0.25, -0.2) is 0 Å². The Labute approximate surface area is 162 Å². The molecule has 2 aliphatic rings. The van der Waals surface area contributed by atoms with Crippen molar-refractivity contribution >= 4 is 22.1 Å². The van der Waals surface area contributed by atoms with E-state index in [9.17, 15) is 10.1 Å². The summed E-state index contributed by atoms with van der Waals surface area (Å²) in [4.78, 5) is 11.0. The molecule has 1 aliphatic heterocycles. The summed E-state index contributed by atoms with van der Waals surface area (Å²) in [5.41, 5.74) is 3.13. The summed E-state index contributed by atoms with van der Waals surface area (Å²) in [5.74, 6) is 0.965. The second-order valence-corrected chi connectivity index (χ2v) is 7.41. The number of nitrogens with zero attached hydrogens (tertiary/aromatic N) is 1. The molecular formula is C23H20N2O3. The Morgan fingerprint density at radius 2 is 1.93 bits per heavy atom. The minimum Gasteiger partial charge on any atom is -0.494 e. The molecule has 3 atom stereocenters. The van der Waals surface area contributed by atoms with Gasteiger partial charge in [0.15, 0.2) is 0 Å². The number of methoxy groups -OCH3 is 1. The third kappa shape index (κ3) is 2.47. The first kappa shape index (κ1) is 16.8. The molecule has 5 heteroatoms. The predicted octanol–water partition coefficient (Wildman–Crippen LogP) is 5.58. The minimum atomic E-state index is -0.354. The van der Waals surface area contributed by atoms with Crippen LogP contribution in [0.5, 0.6) is 5.75 Å². The van der Waals surface area contributed by atoms with E-state index < -0.39 is 0 Å². The van der Waals surface area contributed by atoms with Crippen molar-refractivity contribution in [3.63, 3.8) is 0 Å². The third-order valence-corrected chi connectivity index (χ3v) is 6.01. The molecule has 140 valence electrons. The Hall–Kier alpha value is -3.34. The zero-order valence-corrected chi connectivity index (χ0v) is 15.5. The van der Waals surface area contributed by atoms with Crippen LogP contribution in [-0.4, -0.2) is 12.0 Å². The highest BCUT2D eigenvalue weighted by molar-refractivity contribution is 5.87. The standard InChI is InChI=1S/C23H20N2O3/c1-28-21-13-15(25(26)27)12-20-17-9-5-11-19(17)22(24-23(20)21)18-10-4-7-14-6-2-3-8-16(14)18/h2-10,12-13,17,19,22,24H,11H2,1H3/t17-,19-,22+/m0/s1. The fourth-order valence-electron chi connectivity index (χ4n) is 4.75. The molecule has 1 aliphatic carbocycles. The van der Waals surface area contributed by atoms with E-state index in [4.69, 9.17) is 4.74 Å². The Bertz CT molecular complexity index is 1120. The van der Waals surface area contributed by atoms with E-state index in [1.807, 2.05) is 0 Å². The number of fused-ring (bicyclic) bond motifs is 4. The first-order chi connectivity index (χ1) is 13.7. The predicted molar refractivity (Wildman–Crippen MR) is 110 cm³/mol. The van der Waals surface area contributed by atoms with E-state index in [1.54, 1.807) is 13.2 Å². The van der Waals surface area contributed by atoms with Gasteiger partial charge in [0, 0.05) is 12.0 Å². The molecule has 0 amide bonds. The lowest BCUT2D eigenvalue weighted by Crippen LogP contribution is -2.29. The van der Waals surface area contributed by atoms with Gasteiger partial charge >= 0.3 is 0 Å². The molecule has 5 nitrogen and oxygen atoms in total. The van der Waals surface area contributed by atoms with Crippen LogP contribution in [0.25, 0.3) is 10.8 Å². The van der Waals surface area contributed by atoms with E-state index in [2.05, 4.69) is 59.9 Å². The number of ether oxygens (including phenoxy) is 1. The van der Waals surface area contributed by atoms with Gasteiger partial charge in [0.25, 0.3) is 5.69 Å². The number of benzene rings is 3. The van der Waals surface area contributed by atoms with Gasteiger partial charge in [-0.05, 0) is 34.2 Å². The van der Waals surface area contributed by atoms with Crippen molar-refractivity contribution in [3.05, 3.63) is 88.0 Å². The topological polar surface area (TPSA) is 64.4 Å². The minimum absolute atomic E-state index is 0.0695. The number of hydrogen-bond donors (Lipinski definition) is 1. The van der Waals surface area contributed by atoms with Crippen LogP contribution in [-0.2, 0) is 0 Å². The van der Waals surface area contributed by atoms with Crippen LogP contribution >= 0.6 is 0 Å². The smallest absolute Gasteiger partial charge is 0.273 e. The van der Waals surface area contributed by atoms with E-state index in [0.717, 1.165) is 17.7 Å². The summed E-state index contributed by atoms with van der Waals surface area (Å²) in [5, 5.41) is 17.5. The zero-order valence-electron chi connectivity index (χ0n) is 15.5. The Balaban J connectivity index is 1.69. The maximum absolute atomic E-state index is 11.4. The van der Waals surface area contributed by atoms with E-state index >= 15 is 0 Å². The Kier molecular flexibility index (Phi) is 3.83. The highest BCUT2D eigenvalue weighted by Gasteiger charge is 2.40. The maximum atomic E-state index is 11.4. The average Bonchev–Trinajstić information content (AvgIpc) is 3.22. The van der Waals surface area contributed by atoms with Crippen molar-refractivity contribution in [3.8, 4) is 5.75 Å². The average molecular weight is 372 g/mol. The monoisotopic (exact) mass is 372 g/mol. The molecule has 0 bridgehead atoms. The van der Waals surface area contributed by atoms with Gasteiger partial charge in [-0.15, -0.1) is 0 Å². The first-order valence-electron chi connectivity index (χ1n) is 9.44. The molecule has 1 heterocycles. The number of non-ortho nitro benzene ring substituents is 1. The Morgan fingerprint density at radius 3 is 2.75 bits per heavy atom. The van der Waals surface area contributed by atoms with Gasteiger partial charge in [-0.2, -0.15) is 0 Å². The molecule has 0 saturated carbocycles.